The molecular formula is C15H21NO5. The fraction of sp³-hybridized carbons (Fsp3) is 0.467. The van der Waals surface area contributed by atoms with E-state index in [0.29, 0.717) is 23.6 Å². The third-order valence-corrected chi connectivity index (χ3v) is 3.25. The lowest BCUT2D eigenvalue weighted by molar-refractivity contribution is -0.119. The van der Waals surface area contributed by atoms with E-state index in [1.54, 1.807) is 6.07 Å². The summed E-state index contributed by atoms with van der Waals surface area (Å²) < 4.78 is 15.1. The molecule has 21 heavy (non-hydrogen) atoms. The molecule has 6 heteroatoms. The van der Waals surface area contributed by atoms with E-state index in [1.165, 1.54) is 27.4 Å². The Kier molecular flexibility index (Phi) is 6.02. The summed E-state index contributed by atoms with van der Waals surface area (Å²) in [5.74, 6) is -0.0853. The second-order valence-corrected chi connectivity index (χ2v) is 4.54. The molecule has 0 fully saturated rings. The summed E-state index contributed by atoms with van der Waals surface area (Å²) in [6.07, 6.45) is 0.701. The van der Waals surface area contributed by atoms with E-state index in [2.05, 4.69) is 5.32 Å². The topological polar surface area (TPSA) is 73.9 Å². The van der Waals surface area contributed by atoms with Crippen molar-refractivity contribution in [2.75, 3.05) is 26.6 Å². The maximum absolute atomic E-state index is 12.0. The van der Waals surface area contributed by atoms with Gasteiger partial charge in [0.15, 0.2) is 11.5 Å². The van der Waals surface area contributed by atoms with E-state index < -0.39 is 5.97 Å². The molecular weight excluding hydrogens is 274 g/mol. The molecule has 0 bridgehead atoms. The average molecular weight is 295 g/mol. The lowest BCUT2D eigenvalue weighted by Gasteiger charge is -2.16. The lowest BCUT2D eigenvalue weighted by atomic mass is 10.1. The molecule has 6 nitrogen and oxygen atoms in total. The highest BCUT2D eigenvalue weighted by molar-refractivity contribution is 6.02. The van der Waals surface area contributed by atoms with Gasteiger partial charge in [0, 0.05) is 18.1 Å². The number of nitrogens with one attached hydrogen (secondary N) is 1. The number of methoxy groups -OCH3 is 3. The van der Waals surface area contributed by atoms with Gasteiger partial charge in [-0.2, -0.15) is 0 Å². The van der Waals surface area contributed by atoms with Crippen molar-refractivity contribution in [1.82, 2.24) is 0 Å². The van der Waals surface area contributed by atoms with Crippen molar-refractivity contribution in [2.24, 2.45) is 5.92 Å². The second kappa shape index (κ2) is 7.52. The van der Waals surface area contributed by atoms with E-state index in [-0.39, 0.29) is 17.4 Å². The lowest BCUT2D eigenvalue weighted by Crippen LogP contribution is -2.21. The number of hydrogen-bond acceptors (Lipinski definition) is 5. The third-order valence-electron chi connectivity index (χ3n) is 3.25. The van der Waals surface area contributed by atoms with Crippen molar-refractivity contribution in [3.63, 3.8) is 0 Å². The molecule has 1 atom stereocenters. The Balaban J connectivity index is 3.26. The van der Waals surface area contributed by atoms with E-state index in [1.807, 2.05) is 13.8 Å². The number of carbonyl (C=O) groups is 2. The fourth-order valence-corrected chi connectivity index (χ4v) is 1.70. The van der Waals surface area contributed by atoms with Crippen molar-refractivity contribution < 1.29 is 23.8 Å². The van der Waals surface area contributed by atoms with Crippen LogP contribution in [0.3, 0.4) is 0 Å². The number of benzene rings is 1. The second-order valence-electron chi connectivity index (χ2n) is 4.54. The molecule has 0 heterocycles. The molecule has 1 unspecified atom stereocenters. The minimum absolute atomic E-state index is 0.163. The van der Waals surface area contributed by atoms with Crippen LogP contribution >= 0.6 is 0 Å². The van der Waals surface area contributed by atoms with E-state index in [4.69, 9.17) is 14.2 Å². The van der Waals surface area contributed by atoms with Crippen LogP contribution in [0.2, 0.25) is 0 Å². The Morgan fingerprint density at radius 3 is 2.19 bits per heavy atom. The fourth-order valence-electron chi connectivity index (χ4n) is 1.70. The molecule has 0 saturated carbocycles. The SMILES string of the molecule is CCC(C)C(=O)Nc1cc(OC)c(OC)cc1C(=O)OC. The van der Waals surface area contributed by atoms with Crippen molar-refractivity contribution >= 4 is 17.6 Å². The van der Waals surface area contributed by atoms with Gasteiger partial charge in [0.1, 0.15) is 0 Å². The number of carbonyl (C=O) groups excluding carboxylic acids is 2. The number of ether oxygens (including phenoxy) is 3. The zero-order chi connectivity index (χ0) is 16.0. The van der Waals surface area contributed by atoms with Gasteiger partial charge in [-0.25, -0.2) is 4.79 Å². The smallest absolute Gasteiger partial charge is 0.340 e. The number of amides is 1. The Hall–Kier alpha value is -2.24. The van der Waals surface area contributed by atoms with Crippen LogP contribution in [0.15, 0.2) is 12.1 Å². The maximum atomic E-state index is 12.0. The third kappa shape index (κ3) is 3.87. The molecule has 116 valence electrons. The number of esters is 1. The highest BCUT2D eigenvalue weighted by Crippen LogP contribution is 2.34. The van der Waals surface area contributed by atoms with Crippen LogP contribution in [0, 0.1) is 5.92 Å². The average Bonchev–Trinajstić information content (AvgIpc) is 2.52. The van der Waals surface area contributed by atoms with E-state index in [0.717, 1.165) is 0 Å². The van der Waals surface area contributed by atoms with Gasteiger partial charge in [-0.05, 0) is 6.42 Å². The zero-order valence-corrected chi connectivity index (χ0v) is 13.0. The molecule has 0 radical (unpaired) electrons. The zero-order valence-electron chi connectivity index (χ0n) is 13.0. The van der Waals surface area contributed by atoms with Gasteiger partial charge < -0.3 is 19.5 Å². The first-order valence-corrected chi connectivity index (χ1v) is 6.63. The number of rotatable bonds is 6. The first kappa shape index (κ1) is 16.8. The van der Waals surface area contributed by atoms with Gasteiger partial charge in [-0.1, -0.05) is 13.8 Å². The minimum Gasteiger partial charge on any atom is -0.493 e. The van der Waals surface area contributed by atoms with Crippen LogP contribution in [0.5, 0.6) is 11.5 Å². The quantitative estimate of drug-likeness (QED) is 0.816. The first-order chi connectivity index (χ1) is 9.98. The Labute approximate surface area is 124 Å². The van der Waals surface area contributed by atoms with Crippen molar-refractivity contribution in [3.05, 3.63) is 17.7 Å². The normalized spacial score (nSPS) is 11.5. The van der Waals surface area contributed by atoms with Crippen molar-refractivity contribution in [2.45, 2.75) is 20.3 Å². The van der Waals surface area contributed by atoms with Crippen LogP contribution in [0.1, 0.15) is 30.6 Å². The molecule has 1 N–H and O–H groups in total. The van der Waals surface area contributed by atoms with Crippen LogP contribution in [0.25, 0.3) is 0 Å². The summed E-state index contributed by atoms with van der Waals surface area (Å²) in [4.78, 5) is 23.9. The van der Waals surface area contributed by atoms with Crippen molar-refractivity contribution in [3.8, 4) is 11.5 Å². The monoisotopic (exact) mass is 295 g/mol. The highest BCUT2D eigenvalue weighted by atomic mass is 16.5. The molecule has 0 aromatic heterocycles. The molecule has 0 aliphatic rings. The Morgan fingerprint density at radius 2 is 1.71 bits per heavy atom. The number of anilines is 1. The van der Waals surface area contributed by atoms with Gasteiger partial charge in [0.25, 0.3) is 0 Å². The van der Waals surface area contributed by atoms with Crippen LogP contribution in [-0.4, -0.2) is 33.2 Å². The van der Waals surface area contributed by atoms with E-state index >= 15 is 0 Å². The highest BCUT2D eigenvalue weighted by Gasteiger charge is 2.20. The Bertz CT molecular complexity index is 527. The largest absolute Gasteiger partial charge is 0.493 e. The van der Waals surface area contributed by atoms with Crippen LogP contribution < -0.4 is 14.8 Å². The first-order valence-electron chi connectivity index (χ1n) is 6.63. The van der Waals surface area contributed by atoms with Gasteiger partial charge in [0.05, 0.1) is 32.6 Å². The molecule has 0 spiro atoms. The predicted molar refractivity (Wildman–Crippen MR) is 79.0 cm³/mol. The Morgan fingerprint density at radius 1 is 1.14 bits per heavy atom. The van der Waals surface area contributed by atoms with E-state index in [9.17, 15) is 9.59 Å². The van der Waals surface area contributed by atoms with Crippen LogP contribution in [-0.2, 0) is 9.53 Å². The van der Waals surface area contributed by atoms with Crippen molar-refractivity contribution in [1.29, 1.82) is 0 Å². The minimum atomic E-state index is -0.560. The van der Waals surface area contributed by atoms with Gasteiger partial charge in [-0.15, -0.1) is 0 Å². The molecule has 1 rings (SSSR count). The number of hydrogen-bond donors (Lipinski definition) is 1. The molecule has 1 amide bonds. The summed E-state index contributed by atoms with van der Waals surface area (Å²) in [5, 5.41) is 2.73. The van der Waals surface area contributed by atoms with Crippen LogP contribution in [0.4, 0.5) is 5.69 Å². The summed E-state index contributed by atoms with van der Waals surface area (Å²) in [5.41, 5.74) is 0.552. The molecule has 0 aliphatic carbocycles. The maximum Gasteiger partial charge on any atom is 0.340 e. The standard InChI is InChI=1S/C15H21NO5/c1-6-9(2)14(17)16-11-8-13(20-4)12(19-3)7-10(11)15(18)21-5/h7-9H,6H2,1-5H3,(H,16,17). The van der Waals surface area contributed by atoms with Gasteiger partial charge in [0.2, 0.25) is 5.91 Å². The predicted octanol–water partition coefficient (Wildman–Crippen LogP) is 2.48. The summed E-state index contributed by atoms with van der Waals surface area (Å²) in [7, 11) is 4.23. The van der Waals surface area contributed by atoms with Gasteiger partial charge >= 0.3 is 5.97 Å². The molecule has 0 saturated heterocycles. The summed E-state index contributed by atoms with van der Waals surface area (Å²) in [6.45, 7) is 3.73. The summed E-state index contributed by atoms with van der Waals surface area (Å²) in [6, 6.07) is 3.03. The molecule has 0 aliphatic heterocycles. The summed E-state index contributed by atoms with van der Waals surface area (Å²) >= 11 is 0. The molecule has 1 aromatic rings. The van der Waals surface area contributed by atoms with Gasteiger partial charge in [-0.3, -0.25) is 4.79 Å². The molecule has 1 aromatic carbocycles.